The van der Waals surface area contributed by atoms with Crippen molar-refractivity contribution < 1.29 is 9.53 Å². The number of anilines is 1. The molecule has 0 aliphatic heterocycles. The molecule has 128 valence electrons. The van der Waals surface area contributed by atoms with Gasteiger partial charge in [-0.25, -0.2) is 0 Å². The molecule has 0 unspecified atom stereocenters. The minimum atomic E-state index is 0.0290. The minimum absolute atomic E-state index is 0.0290. The molecule has 24 heavy (non-hydrogen) atoms. The van der Waals surface area contributed by atoms with E-state index in [0.29, 0.717) is 25.5 Å². The van der Waals surface area contributed by atoms with Crippen LogP contribution in [-0.4, -0.2) is 19.1 Å². The number of rotatable bonds is 8. The van der Waals surface area contributed by atoms with E-state index in [0.717, 1.165) is 29.0 Å². The number of carbonyl (C=O) groups excluding carboxylic acids is 1. The van der Waals surface area contributed by atoms with Crippen LogP contribution in [0.5, 0.6) is 5.75 Å². The summed E-state index contributed by atoms with van der Waals surface area (Å²) in [4.78, 5) is 12.0. The van der Waals surface area contributed by atoms with Gasteiger partial charge >= 0.3 is 0 Å². The normalized spacial score (nSPS) is 10.6. The minimum Gasteiger partial charge on any atom is -0.493 e. The number of nitrogens with two attached hydrogens (primary N) is 1. The zero-order chi connectivity index (χ0) is 17.4. The van der Waals surface area contributed by atoms with E-state index in [1.54, 1.807) is 0 Å². The van der Waals surface area contributed by atoms with Crippen molar-refractivity contribution in [1.29, 1.82) is 0 Å². The van der Waals surface area contributed by atoms with E-state index >= 15 is 0 Å². The van der Waals surface area contributed by atoms with Gasteiger partial charge in [0.1, 0.15) is 5.75 Å². The van der Waals surface area contributed by atoms with E-state index in [1.807, 2.05) is 48.5 Å². The molecule has 4 nitrogen and oxygen atoms in total. The van der Waals surface area contributed by atoms with Crippen molar-refractivity contribution in [3.05, 3.63) is 59.7 Å². The SMILES string of the molecule is CC(C)COc1ccc(CC(=O)NCCc2ccc(N)cc2)cc1. The largest absolute Gasteiger partial charge is 0.493 e. The number of hydrogen-bond acceptors (Lipinski definition) is 3. The lowest BCUT2D eigenvalue weighted by Gasteiger charge is -2.09. The lowest BCUT2D eigenvalue weighted by atomic mass is 10.1. The summed E-state index contributed by atoms with van der Waals surface area (Å²) in [6, 6.07) is 15.4. The molecule has 1 amide bonds. The van der Waals surface area contributed by atoms with Crippen LogP contribution in [0.3, 0.4) is 0 Å². The zero-order valence-corrected chi connectivity index (χ0v) is 14.4. The Morgan fingerprint density at radius 1 is 1.04 bits per heavy atom. The molecule has 0 atom stereocenters. The summed E-state index contributed by atoms with van der Waals surface area (Å²) in [5.74, 6) is 1.37. The molecule has 0 aliphatic carbocycles. The highest BCUT2D eigenvalue weighted by Gasteiger charge is 2.04. The fourth-order valence-corrected chi connectivity index (χ4v) is 2.24. The third-order valence-electron chi connectivity index (χ3n) is 3.59. The number of nitrogens with one attached hydrogen (secondary N) is 1. The molecule has 0 saturated heterocycles. The van der Waals surface area contributed by atoms with Crippen molar-refractivity contribution in [3.8, 4) is 5.75 Å². The first-order valence-electron chi connectivity index (χ1n) is 8.36. The summed E-state index contributed by atoms with van der Waals surface area (Å²) in [6.07, 6.45) is 1.18. The van der Waals surface area contributed by atoms with Crippen molar-refractivity contribution in [2.75, 3.05) is 18.9 Å². The average molecular weight is 326 g/mol. The third kappa shape index (κ3) is 6.32. The molecule has 0 saturated carbocycles. The maximum absolute atomic E-state index is 12.0. The second-order valence-electron chi connectivity index (χ2n) is 6.37. The van der Waals surface area contributed by atoms with Gasteiger partial charge in [0.15, 0.2) is 0 Å². The van der Waals surface area contributed by atoms with Crippen LogP contribution in [-0.2, 0) is 17.6 Å². The summed E-state index contributed by atoms with van der Waals surface area (Å²) in [7, 11) is 0. The molecule has 0 spiro atoms. The fraction of sp³-hybridized carbons (Fsp3) is 0.350. The number of amides is 1. The van der Waals surface area contributed by atoms with Crippen LogP contribution in [0, 0.1) is 5.92 Å². The van der Waals surface area contributed by atoms with Crippen LogP contribution < -0.4 is 15.8 Å². The standard InChI is InChI=1S/C20H26N2O2/c1-15(2)14-24-19-9-5-17(6-10-19)13-20(23)22-12-11-16-3-7-18(21)8-4-16/h3-10,15H,11-14,21H2,1-2H3,(H,22,23). The van der Waals surface area contributed by atoms with Crippen LogP contribution >= 0.6 is 0 Å². The zero-order valence-electron chi connectivity index (χ0n) is 14.4. The van der Waals surface area contributed by atoms with E-state index < -0.39 is 0 Å². The Balaban J connectivity index is 1.72. The number of ether oxygens (including phenoxy) is 1. The molecule has 2 aromatic rings. The van der Waals surface area contributed by atoms with Crippen LogP contribution in [0.1, 0.15) is 25.0 Å². The van der Waals surface area contributed by atoms with E-state index in [-0.39, 0.29) is 5.91 Å². The van der Waals surface area contributed by atoms with Gasteiger partial charge in [0.25, 0.3) is 0 Å². The second kappa shape index (κ2) is 8.96. The molecular formula is C20H26N2O2. The van der Waals surface area contributed by atoms with Gasteiger partial charge in [-0.15, -0.1) is 0 Å². The van der Waals surface area contributed by atoms with E-state index in [9.17, 15) is 4.79 Å². The smallest absolute Gasteiger partial charge is 0.224 e. The number of hydrogen-bond donors (Lipinski definition) is 2. The molecule has 0 aliphatic rings. The van der Waals surface area contributed by atoms with Gasteiger partial charge < -0.3 is 15.8 Å². The molecule has 0 bridgehead atoms. The topological polar surface area (TPSA) is 64.3 Å². The number of nitrogen functional groups attached to an aromatic ring is 1. The summed E-state index contributed by atoms with van der Waals surface area (Å²) in [5.41, 5.74) is 8.55. The van der Waals surface area contributed by atoms with Crippen LogP contribution in [0.15, 0.2) is 48.5 Å². The van der Waals surface area contributed by atoms with Crippen LogP contribution in [0.4, 0.5) is 5.69 Å². The van der Waals surface area contributed by atoms with Gasteiger partial charge in [-0.05, 0) is 47.7 Å². The molecule has 0 radical (unpaired) electrons. The van der Waals surface area contributed by atoms with Gasteiger partial charge in [0, 0.05) is 12.2 Å². The highest BCUT2D eigenvalue weighted by molar-refractivity contribution is 5.78. The Bertz CT molecular complexity index is 634. The Labute approximate surface area is 144 Å². The molecular weight excluding hydrogens is 300 g/mol. The van der Waals surface area contributed by atoms with Gasteiger partial charge in [-0.1, -0.05) is 38.1 Å². The van der Waals surface area contributed by atoms with Crippen molar-refractivity contribution in [2.24, 2.45) is 5.92 Å². The monoisotopic (exact) mass is 326 g/mol. The maximum Gasteiger partial charge on any atom is 0.224 e. The quantitative estimate of drug-likeness (QED) is 0.732. The van der Waals surface area contributed by atoms with Crippen molar-refractivity contribution in [3.63, 3.8) is 0 Å². The molecule has 2 aromatic carbocycles. The maximum atomic E-state index is 12.0. The van der Waals surface area contributed by atoms with Crippen LogP contribution in [0.2, 0.25) is 0 Å². The number of benzene rings is 2. The Kier molecular flexibility index (Phi) is 6.67. The first-order valence-corrected chi connectivity index (χ1v) is 8.36. The first-order chi connectivity index (χ1) is 11.5. The molecule has 3 N–H and O–H groups in total. The lowest BCUT2D eigenvalue weighted by Crippen LogP contribution is -2.27. The van der Waals surface area contributed by atoms with E-state index in [2.05, 4.69) is 19.2 Å². The van der Waals surface area contributed by atoms with E-state index in [4.69, 9.17) is 10.5 Å². The molecule has 0 fully saturated rings. The summed E-state index contributed by atoms with van der Waals surface area (Å²) in [5, 5.41) is 2.95. The number of carbonyl (C=O) groups is 1. The van der Waals surface area contributed by atoms with Gasteiger partial charge in [0.2, 0.25) is 5.91 Å². The molecule has 0 heterocycles. The van der Waals surface area contributed by atoms with Crippen LogP contribution in [0.25, 0.3) is 0 Å². The fourth-order valence-electron chi connectivity index (χ4n) is 2.24. The first kappa shape index (κ1) is 17.9. The summed E-state index contributed by atoms with van der Waals surface area (Å²) >= 11 is 0. The molecule has 4 heteroatoms. The third-order valence-corrected chi connectivity index (χ3v) is 3.59. The van der Waals surface area contributed by atoms with Gasteiger partial charge in [0.05, 0.1) is 13.0 Å². The predicted molar refractivity (Wildman–Crippen MR) is 98.0 cm³/mol. The lowest BCUT2D eigenvalue weighted by molar-refractivity contribution is -0.120. The van der Waals surface area contributed by atoms with Crippen molar-refractivity contribution >= 4 is 11.6 Å². The summed E-state index contributed by atoms with van der Waals surface area (Å²) < 4.78 is 5.64. The predicted octanol–water partition coefficient (Wildman–Crippen LogP) is 3.21. The average Bonchev–Trinajstić information content (AvgIpc) is 2.56. The van der Waals surface area contributed by atoms with E-state index in [1.165, 1.54) is 0 Å². The van der Waals surface area contributed by atoms with Crippen molar-refractivity contribution in [2.45, 2.75) is 26.7 Å². The molecule has 2 rings (SSSR count). The Morgan fingerprint density at radius 3 is 2.29 bits per heavy atom. The highest BCUT2D eigenvalue weighted by Crippen LogP contribution is 2.13. The molecule has 0 aromatic heterocycles. The van der Waals surface area contributed by atoms with Gasteiger partial charge in [-0.2, -0.15) is 0 Å². The Morgan fingerprint density at radius 2 is 1.67 bits per heavy atom. The highest BCUT2D eigenvalue weighted by atomic mass is 16.5. The summed E-state index contributed by atoms with van der Waals surface area (Å²) in [6.45, 7) is 5.55. The second-order valence-corrected chi connectivity index (χ2v) is 6.37. The van der Waals surface area contributed by atoms with Gasteiger partial charge in [-0.3, -0.25) is 4.79 Å². The Hall–Kier alpha value is -2.49. The van der Waals surface area contributed by atoms with Crippen molar-refractivity contribution in [1.82, 2.24) is 5.32 Å².